The van der Waals surface area contributed by atoms with Gasteiger partial charge in [-0.05, 0) is 94.0 Å². The Labute approximate surface area is 298 Å². The molecular weight excluding hydrogens is 619 g/mol. The van der Waals surface area contributed by atoms with Crippen molar-refractivity contribution in [2.75, 3.05) is 0 Å². The van der Waals surface area contributed by atoms with Gasteiger partial charge in [0.25, 0.3) is 0 Å². The quantitative estimate of drug-likeness (QED) is 0.172. The molecule has 51 heavy (non-hydrogen) atoms. The molecule has 0 amide bonds. The van der Waals surface area contributed by atoms with Crippen molar-refractivity contribution in [3.8, 4) is 28.3 Å². The van der Waals surface area contributed by atoms with E-state index >= 15 is 0 Å². The second kappa shape index (κ2) is 10.3. The molecule has 0 saturated carbocycles. The lowest BCUT2D eigenvalue weighted by molar-refractivity contribution is 0.385. The summed E-state index contributed by atoms with van der Waals surface area (Å²) in [6.07, 6.45) is 13.6. The van der Waals surface area contributed by atoms with Gasteiger partial charge in [-0.2, -0.15) is 0 Å². The maximum Gasteiger partial charge on any atom is 0.132 e. The van der Waals surface area contributed by atoms with Gasteiger partial charge >= 0.3 is 0 Å². The number of aromatic nitrogens is 1. The Kier molecular flexibility index (Phi) is 5.86. The average molecular weight is 656 g/mol. The minimum absolute atomic E-state index is 0.0449. The summed E-state index contributed by atoms with van der Waals surface area (Å²) in [6.45, 7) is 4.91. The van der Waals surface area contributed by atoms with Gasteiger partial charge < -0.3 is 9.30 Å². The molecule has 1 unspecified atom stereocenters. The Morgan fingerprint density at radius 2 is 1.33 bits per heavy atom. The average Bonchev–Trinajstić information content (AvgIpc) is 3.59. The van der Waals surface area contributed by atoms with E-state index in [0.29, 0.717) is 5.92 Å². The van der Waals surface area contributed by atoms with Crippen LogP contribution >= 0.6 is 0 Å². The molecule has 0 N–H and O–H groups in total. The van der Waals surface area contributed by atoms with Crippen LogP contribution in [0.2, 0.25) is 0 Å². The smallest absolute Gasteiger partial charge is 0.132 e. The third kappa shape index (κ3) is 3.77. The van der Waals surface area contributed by atoms with E-state index in [1.165, 1.54) is 77.6 Å². The summed E-state index contributed by atoms with van der Waals surface area (Å²) in [5.74, 6) is 2.25. The van der Waals surface area contributed by atoms with Gasteiger partial charge in [-0.25, -0.2) is 0 Å². The first kappa shape index (κ1) is 28.9. The van der Waals surface area contributed by atoms with Gasteiger partial charge in [0.2, 0.25) is 0 Å². The van der Waals surface area contributed by atoms with Gasteiger partial charge in [0, 0.05) is 27.5 Å². The van der Waals surface area contributed by atoms with Crippen molar-refractivity contribution in [1.82, 2.24) is 4.57 Å². The Balaban J connectivity index is 1.28. The first-order valence-corrected chi connectivity index (χ1v) is 18.3. The zero-order valence-corrected chi connectivity index (χ0v) is 28.9. The van der Waals surface area contributed by atoms with E-state index in [-0.39, 0.29) is 5.41 Å². The van der Waals surface area contributed by atoms with E-state index in [1.807, 2.05) is 0 Å². The lowest BCUT2D eigenvalue weighted by Gasteiger charge is -2.40. The van der Waals surface area contributed by atoms with Crippen molar-refractivity contribution in [2.45, 2.75) is 37.5 Å². The molecule has 2 bridgehead atoms. The number of hydrogen-bond acceptors (Lipinski definition) is 1. The van der Waals surface area contributed by atoms with Crippen LogP contribution in [0.4, 0.5) is 0 Å². The van der Waals surface area contributed by atoms with Crippen LogP contribution < -0.4 is 4.74 Å². The van der Waals surface area contributed by atoms with Crippen LogP contribution in [0.1, 0.15) is 53.6 Å². The fourth-order valence-electron chi connectivity index (χ4n) is 10.0. The summed E-state index contributed by atoms with van der Waals surface area (Å²) in [5.41, 5.74) is 15.0. The largest absolute Gasteiger partial charge is 0.457 e. The second-order valence-electron chi connectivity index (χ2n) is 15.2. The molecule has 3 aliphatic carbocycles. The molecular formula is C49H37NO. The van der Waals surface area contributed by atoms with Gasteiger partial charge in [-0.3, -0.25) is 0 Å². The molecule has 0 saturated heterocycles. The van der Waals surface area contributed by atoms with E-state index in [9.17, 15) is 0 Å². The normalized spacial score (nSPS) is 19.7. The molecule has 0 fully saturated rings. The number of allylic oxidation sites excluding steroid dienone is 6. The Morgan fingerprint density at radius 1 is 0.627 bits per heavy atom. The van der Waals surface area contributed by atoms with Crippen molar-refractivity contribution in [2.24, 2.45) is 5.92 Å². The molecule has 0 radical (unpaired) electrons. The van der Waals surface area contributed by atoms with Crippen LogP contribution in [0.15, 0.2) is 163 Å². The highest BCUT2D eigenvalue weighted by Gasteiger charge is 2.52. The van der Waals surface area contributed by atoms with Gasteiger partial charge in [0.1, 0.15) is 11.5 Å². The lowest BCUT2D eigenvalue weighted by Crippen LogP contribution is -2.33. The third-order valence-electron chi connectivity index (χ3n) is 12.4. The number of ether oxygens (including phenoxy) is 1. The van der Waals surface area contributed by atoms with Gasteiger partial charge in [-0.15, -0.1) is 0 Å². The second-order valence-corrected chi connectivity index (χ2v) is 15.2. The molecule has 4 aliphatic rings. The summed E-state index contributed by atoms with van der Waals surface area (Å²) in [6, 6.07) is 47.4. The Bertz CT molecular complexity index is 2670. The van der Waals surface area contributed by atoms with Crippen molar-refractivity contribution in [3.63, 3.8) is 0 Å². The van der Waals surface area contributed by atoms with E-state index < -0.39 is 5.41 Å². The van der Waals surface area contributed by atoms with Crippen molar-refractivity contribution < 1.29 is 4.74 Å². The van der Waals surface area contributed by atoms with Crippen LogP contribution in [-0.2, 0) is 17.3 Å². The van der Waals surface area contributed by atoms with Crippen LogP contribution in [0.3, 0.4) is 0 Å². The topological polar surface area (TPSA) is 14.2 Å². The zero-order chi connectivity index (χ0) is 33.9. The van der Waals surface area contributed by atoms with E-state index in [1.54, 1.807) is 0 Å². The van der Waals surface area contributed by atoms with Gasteiger partial charge in [-0.1, -0.05) is 135 Å². The van der Waals surface area contributed by atoms with Crippen LogP contribution in [0.5, 0.6) is 11.5 Å². The van der Waals surface area contributed by atoms with E-state index in [4.69, 9.17) is 4.74 Å². The summed E-state index contributed by atoms with van der Waals surface area (Å²) >= 11 is 0. The van der Waals surface area contributed by atoms with Crippen molar-refractivity contribution in [3.05, 3.63) is 197 Å². The molecule has 11 rings (SSSR count). The molecule has 2 nitrogen and oxygen atoms in total. The van der Waals surface area contributed by atoms with Crippen molar-refractivity contribution >= 4 is 21.8 Å². The fraction of sp³-hybridized carbons (Fsp3) is 0.143. The number of para-hydroxylation sites is 3. The highest BCUT2D eigenvalue weighted by Crippen LogP contribution is 2.63. The van der Waals surface area contributed by atoms with E-state index in [2.05, 4.69) is 176 Å². The molecule has 6 aromatic carbocycles. The standard InChI is InChI=1S/C49H37NO/c1-48(2)33-16-5-3-4-15-31(28-33)27-32-29-37-35-18-7-11-23-42(35)50(44(37)30-41(32)48)43-24-14-19-36-34-17-6-8-20-38(34)49(47(36)43)39-21-9-12-25-45(39)51-46-26-13-10-22-40(46)49/h3-15,17-26,28-30,33H,16,27H2,1-2H3/b5-3-,15-4-. The Morgan fingerprint density at radius 3 is 2.16 bits per heavy atom. The van der Waals surface area contributed by atoms with Crippen LogP contribution in [0.25, 0.3) is 38.6 Å². The predicted octanol–water partition coefficient (Wildman–Crippen LogP) is 12.1. The molecule has 1 aliphatic heterocycles. The summed E-state index contributed by atoms with van der Waals surface area (Å²) in [4.78, 5) is 0. The first-order valence-electron chi connectivity index (χ1n) is 18.3. The molecule has 1 spiro atoms. The first-order chi connectivity index (χ1) is 25.0. The molecule has 2 heterocycles. The maximum absolute atomic E-state index is 6.69. The van der Waals surface area contributed by atoms with Crippen LogP contribution in [0, 0.1) is 5.92 Å². The Hall–Kier alpha value is -5.86. The van der Waals surface area contributed by atoms with Crippen LogP contribution in [-0.4, -0.2) is 4.57 Å². The third-order valence-corrected chi connectivity index (χ3v) is 12.4. The molecule has 1 aromatic heterocycles. The zero-order valence-electron chi connectivity index (χ0n) is 28.9. The fourth-order valence-corrected chi connectivity index (χ4v) is 10.0. The summed E-state index contributed by atoms with van der Waals surface area (Å²) < 4.78 is 9.28. The molecule has 1 atom stereocenters. The monoisotopic (exact) mass is 655 g/mol. The number of fused-ring (bicyclic) bond motifs is 14. The molecule has 244 valence electrons. The lowest BCUT2D eigenvalue weighted by atomic mass is 9.65. The van der Waals surface area contributed by atoms with Crippen molar-refractivity contribution in [1.29, 1.82) is 0 Å². The minimum Gasteiger partial charge on any atom is -0.457 e. The molecule has 2 heteroatoms. The van der Waals surface area contributed by atoms with Gasteiger partial charge in [0.05, 0.1) is 22.1 Å². The maximum atomic E-state index is 6.69. The van der Waals surface area contributed by atoms with Gasteiger partial charge in [0.15, 0.2) is 0 Å². The minimum atomic E-state index is -0.561. The predicted molar refractivity (Wildman–Crippen MR) is 209 cm³/mol. The number of hydrogen-bond donors (Lipinski definition) is 0. The number of rotatable bonds is 1. The highest BCUT2D eigenvalue weighted by molar-refractivity contribution is 6.10. The highest BCUT2D eigenvalue weighted by atomic mass is 16.5. The summed E-state index contributed by atoms with van der Waals surface area (Å²) in [5, 5.41) is 2.60. The van der Waals surface area contributed by atoms with E-state index in [0.717, 1.165) is 24.3 Å². The number of benzene rings is 6. The summed E-state index contributed by atoms with van der Waals surface area (Å²) in [7, 11) is 0. The SMILES string of the molecule is CC1(C)c2cc3c(cc2CC2=CC1C/C=C\C=C/2)c1ccccc1n3-c1cccc2c1C1(c3ccccc3Oc3ccccc31)c1ccccc1-2. The molecule has 7 aromatic rings. The number of nitrogens with zero attached hydrogens (tertiary/aromatic N) is 1.